The Hall–Kier alpha value is -1.75. The first-order chi connectivity index (χ1) is 6.67. The van der Waals surface area contributed by atoms with Gasteiger partial charge in [-0.1, -0.05) is 0 Å². The number of amides is 1. The fourth-order valence-electron chi connectivity index (χ4n) is 1.02. The van der Waals surface area contributed by atoms with E-state index in [0.29, 0.717) is 11.3 Å². The molecule has 0 unspecified atom stereocenters. The summed E-state index contributed by atoms with van der Waals surface area (Å²) in [5, 5.41) is 10.6. The highest BCUT2D eigenvalue weighted by Gasteiger charge is 2.06. The van der Waals surface area contributed by atoms with Crippen molar-refractivity contribution in [3.8, 4) is 11.5 Å². The third-order valence-electron chi connectivity index (χ3n) is 1.63. The van der Waals surface area contributed by atoms with E-state index in [0.717, 1.165) is 0 Å². The molecule has 0 saturated carbocycles. The van der Waals surface area contributed by atoms with Crippen LogP contribution in [0.15, 0.2) is 18.2 Å². The number of primary amides is 1. The average Bonchev–Trinajstić information content (AvgIpc) is 2.16. The highest BCUT2D eigenvalue weighted by atomic mass is 16.5. The van der Waals surface area contributed by atoms with E-state index in [4.69, 9.17) is 10.5 Å². The van der Waals surface area contributed by atoms with Crippen LogP contribution in [0.4, 0.5) is 4.79 Å². The first kappa shape index (κ1) is 10.3. The van der Waals surface area contributed by atoms with Crippen LogP contribution in [-0.4, -0.2) is 13.2 Å². The van der Waals surface area contributed by atoms with Crippen LogP contribution in [0.2, 0.25) is 0 Å². The van der Waals surface area contributed by atoms with Crippen molar-refractivity contribution >= 4 is 6.09 Å². The highest BCUT2D eigenvalue weighted by Crippen LogP contribution is 2.24. The van der Waals surface area contributed by atoms with Crippen molar-refractivity contribution in [2.75, 3.05) is 7.11 Å². The number of methoxy groups -OCH3 is 1. The summed E-state index contributed by atoms with van der Waals surface area (Å²) >= 11 is 0. The van der Waals surface area contributed by atoms with Crippen molar-refractivity contribution in [1.82, 2.24) is 0 Å². The number of ether oxygens (including phenoxy) is 2. The summed E-state index contributed by atoms with van der Waals surface area (Å²) in [5.41, 5.74) is 5.33. The molecule has 0 aliphatic rings. The molecular formula is C9H10NO4. The maximum atomic E-state index is 10.6. The van der Waals surface area contributed by atoms with Gasteiger partial charge in [0.1, 0.15) is 18.1 Å². The summed E-state index contributed by atoms with van der Waals surface area (Å²) < 4.78 is 9.54. The zero-order chi connectivity index (χ0) is 10.6. The van der Waals surface area contributed by atoms with Crippen LogP contribution in [0.3, 0.4) is 0 Å². The molecular weight excluding hydrogens is 186 g/mol. The number of carbonyl (C=O) groups is 1. The minimum atomic E-state index is -0.901. The second-order valence-electron chi connectivity index (χ2n) is 2.54. The molecule has 2 N–H and O–H groups in total. The number of nitrogens with two attached hydrogens (primary N) is 1. The van der Waals surface area contributed by atoms with Gasteiger partial charge in [-0.2, -0.15) is 0 Å². The predicted octanol–water partition coefficient (Wildman–Crippen LogP) is 1.08. The molecule has 0 atom stereocenters. The van der Waals surface area contributed by atoms with E-state index in [9.17, 15) is 9.90 Å². The quantitative estimate of drug-likeness (QED) is 0.785. The molecule has 0 bridgehead atoms. The molecule has 1 aromatic rings. The average molecular weight is 196 g/mol. The molecule has 75 valence electrons. The van der Waals surface area contributed by atoms with Gasteiger partial charge in [-0.25, -0.2) is 9.90 Å². The highest BCUT2D eigenvalue weighted by molar-refractivity contribution is 5.68. The molecule has 0 saturated heterocycles. The third-order valence-corrected chi connectivity index (χ3v) is 1.63. The molecule has 14 heavy (non-hydrogen) atoms. The van der Waals surface area contributed by atoms with Crippen molar-refractivity contribution in [3.63, 3.8) is 0 Å². The maximum Gasteiger partial charge on any atom is 0.409 e. The van der Waals surface area contributed by atoms with Crippen LogP contribution >= 0.6 is 0 Å². The zero-order valence-electron chi connectivity index (χ0n) is 7.65. The SMILES string of the molecule is COc1cc(OC(N)=O)ccc1C[O]. The van der Waals surface area contributed by atoms with Crippen molar-refractivity contribution < 1.29 is 19.4 Å². The summed E-state index contributed by atoms with van der Waals surface area (Å²) in [6, 6.07) is 4.46. The number of rotatable bonds is 3. The molecule has 0 aromatic heterocycles. The molecule has 1 aromatic carbocycles. The molecule has 5 nitrogen and oxygen atoms in total. The van der Waals surface area contributed by atoms with Gasteiger partial charge in [0.25, 0.3) is 0 Å². The minimum Gasteiger partial charge on any atom is -0.496 e. The van der Waals surface area contributed by atoms with Crippen LogP contribution in [-0.2, 0) is 11.7 Å². The normalized spacial score (nSPS) is 9.57. The summed E-state index contributed by atoms with van der Waals surface area (Å²) in [4.78, 5) is 10.4. The molecule has 0 heterocycles. The maximum absolute atomic E-state index is 10.6. The van der Waals surface area contributed by atoms with E-state index < -0.39 is 6.09 Å². The Morgan fingerprint density at radius 2 is 2.21 bits per heavy atom. The molecule has 0 spiro atoms. The monoisotopic (exact) mass is 196 g/mol. The Labute approximate surface area is 81.0 Å². The van der Waals surface area contributed by atoms with E-state index >= 15 is 0 Å². The summed E-state index contributed by atoms with van der Waals surface area (Å²) in [6.07, 6.45) is -0.901. The Morgan fingerprint density at radius 1 is 1.50 bits per heavy atom. The third kappa shape index (κ3) is 2.37. The summed E-state index contributed by atoms with van der Waals surface area (Å²) in [6.45, 7) is -0.389. The first-order valence-electron chi connectivity index (χ1n) is 3.89. The van der Waals surface area contributed by atoms with Crippen LogP contribution in [0.25, 0.3) is 0 Å². The van der Waals surface area contributed by atoms with Gasteiger partial charge in [0.05, 0.1) is 7.11 Å². The Kier molecular flexibility index (Phi) is 3.30. The van der Waals surface area contributed by atoms with E-state index in [1.54, 1.807) is 0 Å². The van der Waals surface area contributed by atoms with Gasteiger partial charge in [-0.05, 0) is 12.1 Å². The molecule has 1 rings (SSSR count). The van der Waals surface area contributed by atoms with Gasteiger partial charge in [0.2, 0.25) is 0 Å². The second kappa shape index (κ2) is 4.48. The second-order valence-corrected chi connectivity index (χ2v) is 2.54. The Morgan fingerprint density at radius 3 is 2.71 bits per heavy atom. The lowest BCUT2D eigenvalue weighted by molar-refractivity contribution is 0.174. The van der Waals surface area contributed by atoms with Gasteiger partial charge >= 0.3 is 6.09 Å². The van der Waals surface area contributed by atoms with Gasteiger partial charge in [0.15, 0.2) is 0 Å². The molecule has 0 aliphatic heterocycles. The number of hydrogen-bond acceptors (Lipinski definition) is 3. The van der Waals surface area contributed by atoms with Gasteiger partial charge < -0.3 is 15.2 Å². The Bertz CT molecular complexity index is 338. The Balaban J connectivity index is 2.95. The van der Waals surface area contributed by atoms with E-state index in [-0.39, 0.29) is 12.4 Å². The topological polar surface area (TPSA) is 81.5 Å². The van der Waals surface area contributed by atoms with Gasteiger partial charge in [-0.15, -0.1) is 0 Å². The number of carbonyl (C=O) groups excluding carboxylic acids is 1. The van der Waals surface area contributed by atoms with E-state index in [1.165, 1.54) is 25.3 Å². The fourth-order valence-corrected chi connectivity index (χ4v) is 1.02. The smallest absolute Gasteiger partial charge is 0.409 e. The van der Waals surface area contributed by atoms with Crippen molar-refractivity contribution in [2.45, 2.75) is 6.61 Å². The lowest BCUT2D eigenvalue weighted by Gasteiger charge is -2.07. The molecule has 0 fully saturated rings. The van der Waals surface area contributed by atoms with E-state index in [2.05, 4.69) is 4.74 Å². The lowest BCUT2D eigenvalue weighted by atomic mass is 10.2. The molecule has 0 aliphatic carbocycles. The standard InChI is InChI=1S/C9H10NO4/c1-13-8-4-7(14-9(10)12)3-2-6(8)5-11/h2-4H,5H2,1H3,(H2,10,12). The molecule has 5 heteroatoms. The van der Waals surface area contributed by atoms with Gasteiger partial charge in [-0.3, -0.25) is 0 Å². The van der Waals surface area contributed by atoms with Crippen LogP contribution in [0, 0.1) is 0 Å². The minimum absolute atomic E-state index is 0.256. The number of hydrogen-bond donors (Lipinski definition) is 1. The largest absolute Gasteiger partial charge is 0.496 e. The summed E-state index contributed by atoms with van der Waals surface area (Å²) in [7, 11) is 1.43. The zero-order valence-corrected chi connectivity index (χ0v) is 7.65. The molecule has 1 amide bonds. The van der Waals surface area contributed by atoms with Crippen molar-refractivity contribution in [3.05, 3.63) is 23.8 Å². The fraction of sp³-hybridized carbons (Fsp3) is 0.222. The van der Waals surface area contributed by atoms with Crippen LogP contribution in [0.1, 0.15) is 5.56 Å². The lowest BCUT2D eigenvalue weighted by Crippen LogP contribution is -2.16. The van der Waals surface area contributed by atoms with Gasteiger partial charge in [0, 0.05) is 11.6 Å². The van der Waals surface area contributed by atoms with Crippen LogP contribution in [0.5, 0.6) is 11.5 Å². The first-order valence-corrected chi connectivity index (χ1v) is 3.89. The van der Waals surface area contributed by atoms with Crippen molar-refractivity contribution in [1.29, 1.82) is 0 Å². The predicted molar refractivity (Wildman–Crippen MR) is 47.6 cm³/mol. The van der Waals surface area contributed by atoms with Crippen molar-refractivity contribution in [2.24, 2.45) is 5.73 Å². The van der Waals surface area contributed by atoms with Crippen LogP contribution < -0.4 is 15.2 Å². The van der Waals surface area contributed by atoms with E-state index in [1.807, 2.05) is 0 Å². The summed E-state index contributed by atoms with van der Waals surface area (Å²) in [5.74, 6) is 0.644. The number of benzene rings is 1. The molecule has 1 radical (unpaired) electrons.